The summed E-state index contributed by atoms with van der Waals surface area (Å²) in [7, 11) is 1.95. The molecule has 0 N–H and O–H groups in total. The lowest BCUT2D eigenvalue weighted by atomic mass is 9.91. The van der Waals surface area contributed by atoms with E-state index in [1.165, 1.54) is 6.42 Å². The van der Waals surface area contributed by atoms with Crippen molar-refractivity contribution in [1.29, 1.82) is 0 Å². The van der Waals surface area contributed by atoms with Gasteiger partial charge in [-0.25, -0.2) is 0 Å². The average Bonchev–Trinajstić information content (AvgIpc) is 2.63. The van der Waals surface area contributed by atoms with Gasteiger partial charge in [0.2, 0.25) is 0 Å². The Balaban J connectivity index is 1.94. The Bertz CT molecular complexity index is 387. The quantitative estimate of drug-likeness (QED) is 0.749. The first-order valence-corrected chi connectivity index (χ1v) is 6.42. The van der Waals surface area contributed by atoms with Crippen LogP contribution in [0.1, 0.15) is 30.6 Å². The summed E-state index contributed by atoms with van der Waals surface area (Å²) in [4.78, 5) is 14.4. The number of carbonyl (C=O) groups is 1. The van der Waals surface area contributed by atoms with Gasteiger partial charge in [-0.15, -0.1) is 0 Å². The van der Waals surface area contributed by atoms with E-state index in [-0.39, 0.29) is 5.78 Å². The number of carbonyl (C=O) groups excluding carboxylic acids is 1. The summed E-state index contributed by atoms with van der Waals surface area (Å²) in [6.45, 7) is 7.23. The summed E-state index contributed by atoms with van der Waals surface area (Å²) in [5.74, 6) is 1.66. The molecule has 0 saturated carbocycles. The number of ketones is 1. The minimum Gasteiger partial charge on any atom is -0.357 e. The maximum atomic E-state index is 12.1. The molecule has 2 heterocycles. The molecule has 1 fully saturated rings. The number of hydrogen-bond donors (Lipinski definition) is 0. The Hall–Kier alpha value is -1.09. The molecule has 0 bridgehead atoms. The highest BCUT2D eigenvalue weighted by Crippen LogP contribution is 2.21. The van der Waals surface area contributed by atoms with Gasteiger partial charge >= 0.3 is 0 Å². The summed E-state index contributed by atoms with van der Waals surface area (Å²) >= 11 is 0. The van der Waals surface area contributed by atoms with Crippen LogP contribution in [0, 0.1) is 11.8 Å². The van der Waals surface area contributed by atoms with Gasteiger partial charge < -0.3 is 4.57 Å². The minimum atomic E-state index is 0.243. The van der Waals surface area contributed by atoms with Crippen molar-refractivity contribution in [3.63, 3.8) is 0 Å². The molecule has 1 aliphatic heterocycles. The molecule has 0 aromatic carbocycles. The maximum absolute atomic E-state index is 12.1. The third-order valence-corrected chi connectivity index (χ3v) is 3.47. The Morgan fingerprint density at radius 2 is 2.00 bits per heavy atom. The summed E-state index contributed by atoms with van der Waals surface area (Å²) in [6.07, 6.45) is 5.11. The van der Waals surface area contributed by atoms with Crippen LogP contribution in [0.25, 0.3) is 0 Å². The molecule has 2 unspecified atom stereocenters. The lowest BCUT2D eigenvalue weighted by Gasteiger charge is -2.34. The Morgan fingerprint density at radius 1 is 1.35 bits per heavy atom. The summed E-state index contributed by atoms with van der Waals surface area (Å²) < 4.78 is 1.93. The monoisotopic (exact) mass is 234 g/mol. The predicted molar refractivity (Wildman–Crippen MR) is 69.1 cm³/mol. The molecule has 3 heteroatoms. The van der Waals surface area contributed by atoms with Crippen LogP contribution in [0.2, 0.25) is 0 Å². The van der Waals surface area contributed by atoms with Crippen molar-refractivity contribution in [2.75, 3.05) is 19.6 Å². The van der Waals surface area contributed by atoms with E-state index in [4.69, 9.17) is 0 Å². The lowest BCUT2D eigenvalue weighted by molar-refractivity contribution is 0.0849. The molecular weight excluding hydrogens is 212 g/mol. The van der Waals surface area contributed by atoms with Crippen LogP contribution in [0.5, 0.6) is 0 Å². The van der Waals surface area contributed by atoms with E-state index in [1.807, 2.05) is 30.1 Å². The van der Waals surface area contributed by atoms with Gasteiger partial charge in [-0.05, 0) is 24.3 Å². The molecule has 1 aliphatic rings. The molecule has 0 radical (unpaired) electrons. The average molecular weight is 234 g/mol. The van der Waals surface area contributed by atoms with E-state index < -0.39 is 0 Å². The first-order valence-electron chi connectivity index (χ1n) is 6.42. The van der Waals surface area contributed by atoms with Crippen LogP contribution in [0.4, 0.5) is 0 Å². The highest BCUT2D eigenvalue weighted by Gasteiger charge is 2.23. The predicted octanol–water partition coefficient (Wildman–Crippen LogP) is 2.19. The number of aromatic nitrogens is 1. The van der Waals surface area contributed by atoms with Gasteiger partial charge in [0.1, 0.15) is 0 Å². The first-order chi connectivity index (χ1) is 8.04. The summed E-state index contributed by atoms with van der Waals surface area (Å²) in [5.41, 5.74) is 0.832. The van der Waals surface area contributed by atoms with Gasteiger partial charge in [0.15, 0.2) is 5.78 Å². The van der Waals surface area contributed by atoms with E-state index in [1.54, 1.807) is 0 Å². The van der Waals surface area contributed by atoms with Gasteiger partial charge in [-0.2, -0.15) is 0 Å². The van der Waals surface area contributed by atoms with E-state index in [0.29, 0.717) is 18.4 Å². The van der Waals surface area contributed by atoms with Crippen LogP contribution < -0.4 is 0 Å². The molecule has 1 saturated heterocycles. The molecule has 1 aromatic heterocycles. The third-order valence-electron chi connectivity index (χ3n) is 3.47. The van der Waals surface area contributed by atoms with Crippen molar-refractivity contribution in [3.8, 4) is 0 Å². The minimum absolute atomic E-state index is 0.243. The zero-order valence-electron chi connectivity index (χ0n) is 11.0. The van der Waals surface area contributed by atoms with E-state index in [9.17, 15) is 4.79 Å². The number of hydrogen-bond acceptors (Lipinski definition) is 2. The molecule has 0 aliphatic carbocycles. The third kappa shape index (κ3) is 3.19. The number of Topliss-reactive ketones (excluding diaryl/α,β-unsaturated/α-hetero) is 1. The smallest absolute Gasteiger partial charge is 0.178 e. The van der Waals surface area contributed by atoms with Gasteiger partial charge in [-0.3, -0.25) is 9.69 Å². The summed E-state index contributed by atoms with van der Waals surface area (Å²) in [5, 5.41) is 0. The van der Waals surface area contributed by atoms with E-state index >= 15 is 0 Å². The van der Waals surface area contributed by atoms with E-state index in [2.05, 4.69) is 18.7 Å². The number of nitrogens with zero attached hydrogens (tertiary/aromatic N) is 2. The molecule has 0 spiro atoms. The first kappa shape index (κ1) is 12.4. The lowest BCUT2D eigenvalue weighted by Crippen LogP contribution is -2.41. The second kappa shape index (κ2) is 5.05. The Kier molecular flexibility index (Phi) is 3.67. The SMILES string of the molecule is CC1CC(C)CN(CC(=O)c2ccn(C)c2)C1. The summed E-state index contributed by atoms with van der Waals surface area (Å²) in [6, 6.07) is 1.90. The highest BCUT2D eigenvalue weighted by molar-refractivity contribution is 5.97. The van der Waals surface area contributed by atoms with Crippen molar-refractivity contribution in [3.05, 3.63) is 24.0 Å². The van der Waals surface area contributed by atoms with Gasteiger partial charge in [-0.1, -0.05) is 13.8 Å². The van der Waals surface area contributed by atoms with Crippen molar-refractivity contribution in [1.82, 2.24) is 9.47 Å². The van der Waals surface area contributed by atoms with Crippen molar-refractivity contribution in [2.45, 2.75) is 20.3 Å². The Labute approximate surface area is 103 Å². The normalized spacial score (nSPS) is 26.1. The fraction of sp³-hybridized carbons (Fsp3) is 0.643. The molecule has 0 amide bonds. The number of rotatable bonds is 3. The largest absolute Gasteiger partial charge is 0.357 e. The van der Waals surface area contributed by atoms with Crippen LogP contribution >= 0.6 is 0 Å². The molecule has 1 aromatic rings. The van der Waals surface area contributed by atoms with Gasteiger partial charge in [0, 0.05) is 38.1 Å². The molecule has 94 valence electrons. The van der Waals surface area contributed by atoms with Crippen LogP contribution in [-0.4, -0.2) is 34.9 Å². The van der Waals surface area contributed by atoms with Crippen molar-refractivity contribution < 1.29 is 4.79 Å². The van der Waals surface area contributed by atoms with Crippen LogP contribution in [0.15, 0.2) is 18.5 Å². The zero-order valence-corrected chi connectivity index (χ0v) is 11.0. The van der Waals surface area contributed by atoms with Crippen molar-refractivity contribution in [2.24, 2.45) is 18.9 Å². The molecule has 2 atom stereocenters. The highest BCUT2D eigenvalue weighted by atomic mass is 16.1. The van der Waals surface area contributed by atoms with Gasteiger partial charge in [0.25, 0.3) is 0 Å². The van der Waals surface area contributed by atoms with Crippen LogP contribution in [-0.2, 0) is 7.05 Å². The fourth-order valence-electron chi connectivity index (χ4n) is 2.88. The fourth-order valence-corrected chi connectivity index (χ4v) is 2.88. The molecule has 3 nitrogen and oxygen atoms in total. The maximum Gasteiger partial charge on any atom is 0.178 e. The Morgan fingerprint density at radius 3 is 2.53 bits per heavy atom. The van der Waals surface area contributed by atoms with Gasteiger partial charge in [0.05, 0.1) is 6.54 Å². The van der Waals surface area contributed by atoms with E-state index in [0.717, 1.165) is 18.7 Å². The van der Waals surface area contributed by atoms with Crippen LogP contribution in [0.3, 0.4) is 0 Å². The standard InChI is InChI=1S/C14H22N2O/c1-11-6-12(2)8-16(7-11)10-14(17)13-4-5-15(3)9-13/h4-5,9,11-12H,6-8,10H2,1-3H3. The topological polar surface area (TPSA) is 25.2 Å². The second-order valence-corrected chi connectivity index (χ2v) is 5.63. The van der Waals surface area contributed by atoms with Crippen molar-refractivity contribution >= 4 is 5.78 Å². The number of likely N-dealkylation sites (tertiary alicyclic amines) is 1. The number of piperidine rings is 1. The molecule has 2 rings (SSSR count). The molecular formula is C14H22N2O. The zero-order chi connectivity index (χ0) is 12.4. The molecule has 17 heavy (non-hydrogen) atoms. The second-order valence-electron chi connectivity index (χ2n) is 5.63. The number of aryl methyl sites for hydroxylation is 1.